The minimum Gasteiger partial charge on any atom is -0.475 e. The molecule has 0 saturated carbocycles. The van der Waals surface area contributed by atoms with E-state index in [1.165, 1.54) is 0 Å². The fourth-order valence-corrected chi connectivity index (χ4v) is 1.78. The van der Waals surface area contributed by atoms with Crippen LogP contribution in [0.2, 0.25) is 0 Å². The maximum Gasteiger partial charge on any atom is 0.253 e. The van der Waals surface area contributed by atoms with Crippen molar-refractivity contribution in [1.82, 2.24) is 4.98 Å². The highest BCUT2D eigenvalue weighted by molar-refractivity contribution is 5.94. The van der Waals surface area contributed by atoms with Gasteiger partial charge in [0.05, 0.1) is 18.5 Å². The van der Waals surface area contributed by atoms with Gasteiger partial charge in [-0.2, -0.15) is 0 Å². The standard InChI is InChI=1S/C13H18N2O4/c1-17-7-8-19-12-5-4-10(9-14-12)15-13(16)11-3-2-6-18-11/h4-5,9,11H,2-3,6-8H2,1H3,(H,15,16)/t11-/m0/s1. The molecular weight excluding hydrogens is 248 g/mol. The molecule has 0 spiro atoms. The zero-order valence-corrected chi connectivity index (χ0v) is 10.9. The molecule has 1 atom stereocenters. The minimum atomic E-state index is -0.336. The van der Waals surface area contributed by atoms with E-state index in [1.54, 1.807) is 25.4 Å². The van der Waals surface area contributed by atoms with E-state index in [0.29, 0.717) is 31.4 Å². The SMILES string of the molecule is COCCOc1ccc(NC(=O)[C@@H]2CCCO2)cn1. The average Bonchev–Trinajstić information content (AvgIpc) is 2.95. The summed E-state index contributed by atoms with van der Waals surface area (Å²) >= 11 is 0. The number of ether oxygens (including phenoxy) is 3. The molecule has 0 aromatic carbocycles. The molecule has 1 aliphatic heterocycles. The average molecular weight is 266 g/mol. The largest absolute Gasteiger partial charge is 0.475 e. The van der Waals surface area contributed by atoms with Crippen molar-refractivity contribution in [1.29, 1.82) is 0 Å². The Labute approximate surface area is 112 Å². The molecule has 1 amide bonds. The van der Waals surface area contributed by atoms with Crippen LogP contribution in [0.1, 0.15) is 12.8 Å². The fourth-order valence-electron chi connectivity index (χ4n) is 1.78. The van der Waals surface area contributed by atoms with E-state index in [1.807, 2.05) is 0 Å². The van der Waals surface area contributed by atoms with E-state index in [-0.39, 0.29) is 12.0 Å². The van der Waals surface area contributed by atoms with E-state index in [0.717, 1.165) is 12.8 Å². The van der Waals surface area contributed by atoms with Gasteiger partial charge in [0.2, 0.25) is 5.88 Å². The lowest BCUT2D eigenvalue weighted by atomic mass is 10.2. The van der Waals surface area contributed by atoms with Crippen LogP contribution in [0.4, 0.5) is 5.69 Å². The van der Waals surface area contributed by atoms with Gasteiger partial charge in [0.15, 0.2) is 0 Å². The molecule has 0 aliphatic carbocycles. The Kier molecular flexibility index (Phi) is 5.11. The van der Waals surface area contributed by atoms with E-state index in [4.69, 9.17) is 14.2 Å². The number of hydrogen-bond donors (Lipinski definition) is 1. The second-order valence-corrected chi connectivity index (χ2v) is 4.22. The third-order valence-electron chi connectivity index (χ3n) is 2.76. The lowest BCUT2D eigenvalue weighted by Gasteiger charge is -2.10. The van der Waals surface area contributed by atoms with Gasteiger partial charge >= 0.3 is 0 Å². The van der Waals surface area contributed by atoms with Crippen LogP contribution < -0.4 is 10.1 Å². The molecule has 1 aromatic rings. The molecule has 0 radical (unpaired) electrons. The van der Waals surface area contributed by atoms with Crippen molar-refractivity contribution in [3.63, 3.8) is 0 Å². The fraction of sp³-hybridized carbons (Fsp3) is 0.538. The molecular formula is C13H18N2O4. The summed E-state index contributed by atoms with van der Waals surface area (Å²) in [6.45, 7) is 1.62. The van der Waals surface area contributed by atoms with Crippen LogP contribution in [-0.2, 0) is 14.3 Å². The third kappa shape index (κ3) is 4.18. The Morgan fingerprint density at radius 3 is 3.05 bits per heavy atom. The third-order valence-corrected chi connectivity index (χ3v) is 2.76. The summed E-state index contributed by atoms with van der Waals surface area (Å²) in [7, 11) is 1.61. The van der Waals surface area contributed by atoms with Crippen molar-refractivity contribution in [3.05, 3.63) is 18.3 Å². The van der Waals surface area contributed by atoms with Crippen molar-refractivity contribution < 1.29 is 19.0 Å². The molecule has 1 saturated heterocycles. The van der Waals surface area contributed by atoms with Gasteiger partial charge in [0, 0.05) is 19.8 Å². The summed E-state index contributed by atoms with van der Waals surface area (Å²) in [4.78, 5) is 15.9. The van der Waals surface area contributed by atoms with Crippen molar-refractivity contribution in [2.75, 3.05) is 32.2 Å². The van der Waals surface area contributed by atoms with E-state index in [9.17, 15) is 4.79 Å². The molecule has 0 unspecified atom stereocenters. The second kappa shape index (κ2) is 7.06. The highest BCUT2D eigenvalue weighted by Crippen LogP contribution is 2.16. The van der Waals surface area contributed by atoms with Crippen LogP contribution in [0.15, 0.2) is 18.3 Å². The van der Waals surface area contributed by atoms with Gasteiger partial charge in [-0.3, -0.25) is 4.79 Å². The number of nitrogens with one attached hydrogen (secondary N) is 1. The van der Waals surface area contributed by atoms with E-state index >= 15 is 0 Å². The van der Waals surface area contributed by atoms with Crippen LogP contribution in [-0.4, -0.2) is 43.9 Å². The summed E-state index contributed by atoms with van der Waals surface area (Å²) in [5.74, 6) is 0.388. The van der Waals surface area contributed by atoms with Crippen LogP contribution in [0.5, 0.6) is 5.88 Å². The summed E-state index contributed by atoms with van der Waals surface area (Å²) in [6.07, 6.45) is 2.94. The molecule has 0 bridgehead atoms. The van der Waals surface area contributed by atoms with Crippen LogP contribution in [0.3, 0.4) is 0 Å². The monoisotopic (exact) mass is 266 g/mol. The molecule has 2 heterocycles. The van der Waals surface area contributed by atoms with Gasteiger partial charge in [0.25, 0.3) is 5.91 Å². The van der Waals surface area contributed by atoms with E-state index < -0.39 is 0 Å². The smallest absolute Gasteiger partial charge is 0.253 e. The number of anilines is 1. The molecule has 1 aliphatic rings. The summed E-state index contributed by atoms with van der Waals surface area (Å²) in [6, 6.07) is 3.46. The molecule has 104 valence electrons. The quantitative estimate of drug-likeness (QED) is 0.784. The van der Waals surface area contributed by atoms with Crippen molar-refractivity contribution in [3.8, 4) is 5.88 Å². The Morgan fingerprint density at radius 2 is 2.42 bits per heavy atom. The van der Waals surface area contributed by atoms with Gasteiger partial charge in [-0.15, -0.1) is 0 Å². The number of aromatic nitrogens is 1. The van der Waals surface area contributed by atoms with Gasteiger partial charge in [-0.1, -0.05) is 0 Å². The normalized spacial score (nSPS) is 18.3. The zero-order valence-electron chi connectivity index (χ0n) is 10.9. The lowest BCUT2D eigenvalue weighted by molar-refractivity contribution is -0.124. The molecule has 1 fully saturated rings. The predicted octanol–water partition coefficient (Wildman–Crippen LogP) is 1.22. The number of carbonyl (C=O) groups is 1. The first-order valence-electron chi connectivity index (χ1n) is 6.30. The van der Waals surface area contributed by atoms with Crippen molar-refractivity contribution >= 4 is 11.6 Å². The Hall–Kier alpha value is -1.66. The minimum absolute atomic E-state index is 0.118. The van der Waals surface area contributed by atoms with Gasteiger partial charge in [0.1, 0.15) is 12.7 Å². The molecule has 19 heavy (non-hydrogen) atoms. The predicted molar refractivity (Wildman–Crippen MR) is 69.2 cm³/mol. The van der Waals surface area contributed by atoms with Crippen LogP contribution in [0.25, 0.3) is 0 Å². The molecule has 1 N–H and O–H groups in total. The Balaban J connectivity index is 1.82. The maximum atomic E-state index is 11.8. The lowest BCUT2D eigenvalue weighted by Crippen LogP contribution is -2.26. The number of pyridine rings is 1. The molecule has 6 nitrogen and oxygen atoms in total. The van der Waals surface area contributed by atoms with Crippen LogP contribution in [0, 0.1) is 0 Å². The van der Waals surface area contributed by atoms with Gasteiger partial charge in [-0.25, -0.2) is 4.98 Å². The molecule has 1 aromatic heterocycles. The highest BCUT2D eigenvalue weighted by Gasteiger charge is 2.23. The Morgan fingerprint density at radius 1 is 1.53 bits per heavy atom. The molecule has 6 heteroatoms. The zero-order chi connectivity index (χ0) is 13.5. The van der Waals surface area contributed by atoms with Gasteiger partial charge < -0.3 is 19.5 Å². The summed E-state index contributed by atoms with van der Waals surface area (Å²) in [5.41, 5.74) is 0.639. The number of methoxy groups -OCH3 is 1. The maximum absolute atomic E-state index is 11.8. The summed E-state index contributed by atoms with van der Waals surface area (Å²) in [5, 5.41) is 2.77. The first-order chi connectivity index (χ1) is 9.29. The van der Waals surface area contributed by atoms with Crippen molar-refractivity contribution in [2.45, 2.75) is 18.9 Å². The highest BCUT2D eigenvalue weighted by atomic mass is 16.5. The van der Waals surface area contributed by atoms with Gasteiger partial charge in [-0.05, 0) is 18.9 Å². The topological polar surface area (TPSA) is 69.7 Å². The number of rotatable bonds is 6. The number of nitrogens with zero attached hydrogens (tertiary/aromatic N) is 1. The number of amides is 1. The summed E-state index contributed by atoms with van der Waals surface area (Å²) < 4.78 is 15.5. The van der Waals surface area contributed by atoms with E-state index in [2.05, 4.69) is 10.3 Å². The van der Waals surface area contributed by atoms with Crippen LogP contribution >= 0.6 is 0 Å². The Bertz CT molecular complexity index is 402. The first kappa shape index (κ1) is 13.8. The number of hydrogen-bond acceptors (Lipinski definition) is 5. The second-order valence-electron chi connectivity index (χ2n) is 4.22. The first-order valence-corrected chi connectivity index (χ1v) is 6.30. The molecule has 2 rings (SSSR count). The van der Waals surface area contributed by atoms with Crippen molar-refractivity contribution in [2.24, 2.45) is 0 Å². The number of carbonyl (C=O) groups excluding carboxylic acids is 1.